The number of H-pyrrole nitrogens is 1. The van der Waals surface area contributed by atoms with Gasteiger partial charge < -0.3 is 9.72 Å². The molecule has 0 bridgehead atoms. The van der Waals surface area contributed by atoms with Gasteiger partial charge in [-0.1, -0.05) is 30.3 Å². The summed E-state index contributed by atoms with van der Waals surface area (Å²) in [6.45, 7) is 0. The molecule has 102 valence electrons. The third-order valence-corrected chi connectivity index (χ3v) is 3.79. The van der Waals surface area contributed by atoms with Crippen molar-refractivity contribution in [2.24, 2.45) is 0 Å². The number of pyridine rings is 1. The second kappa shape index (κ2) is 4.31. The predicted octanol–water partition coefficient (Wildman–Crippen LogP) is 2.79. The first kappa shape index (κ1) is 11.9. The molecule has 0 fully saturated rings. The SMILES string of the molecule is O=C1OC(c2c[nH]c3ccccc3c2=O)c2ccccc21. The molecule has 0 radical (unpaired) electrons. The molecule has 1 N–H and O–H groups in total. The second-order valence-electron chi connectivity index (χ2n) is 4.99. The van der Waals surface area contributed by atoms with E-state index in [1.54, 1.807) is 24.4 Å². The number of benzene rings is 2. The number of aromatic amines is 1. The normalized spacial score (nSPS) is 16.8. The Bertz CT molecular complexity index is 926. The van der Waals surface area contributed by atoms with Crippen LogP contribution >= 0.6 is 0 Å². The molecule has 0 amide bonds. The van der Waals surface area contributed by atoms with E-state index in [4.69, 9.17) is 4.74 Å². The van der Waals surface area contributed by atoms with Crippen LogP contribution in [0.3, 0.4) is 0 Å². The standard InChI is InChI=1S/C17H11NO3/c19-15-12-7-3-4-8-14(12)18-9-13(15)16-10-5-1-2-6-11(10)17(20)21-16/h1-9,16H,(H,18,19). The molecule has 4 rings (SSSR count). The molecule has 1 aromatic heterocycles. The first-order valence-corrected chi connectivity index (χ1v) is 6.66. The van der Waals surface area contributed by atoms with E-state index in [9.17, 15) is 9.59 Å². The first-order valence-electron chi connectivity index (χ1n) is 6.66. The molecule has 2 heterocycles. The number of rotatable bonds is 1. The van der Waals surface area contributed by atoms with Crippen LogP contribution in [-0.2, 0) is 4.74 Å². The van der Waals surface area contributed by atoms with E-state index in [0.717, 1.165) is 11.1 Å². The molecular weight excluding hydrogens is 266 g/mol. The Hall–Kier alpha value is -2.88. The molecule has 21 heavy (non-hydrogen) atoms. The molecule has 0 saturated carbocycles. The summed E-state index contributed by atoms with van der Waals surface area (Å²) in [5.41, 5.74) is 2.37. The number of ether oxygens (including phenoxy) is 1. The van der Waals surface area contributed by atoms with Crippen LogP contribution in [0, 0.1) is 0 Å². The van der Waals surface area contributed by atoms with Crippen molar-refractivity contribution in [3.8, 4) is 0 Å². The van der Waals surface area contributed by atoms with Gasteiger partial charge in [-0.3, -0.25) is 4.79 Å². The number of aromatic nitrogens is 1. The van der Waals surface area contributed by atoms with Crippen LogP contribution in [-0.4, -0.2) is 11.0 Å². The smallest absolute Gasteiger partial charge is 0.339 e. The Morgan fingerprint density at radius 1 is 0.905 bits per heavy atom. The van der Waals surface area contributed by atoms with Gasteiger partial charge in [-0.2, -0.15) is 0 Å². The Kier molecular flexibility index (Phi) is 2.44. The van der Waals surface area contributed by atoms with Crippen molar-refractivity contribution in [2.75, 3.05) is 0 Å². The number of hydrogen-bond donors (Lipinski definition) is 1. The summed E-state index contributed by atoms with van der Waals surface area (Å²) in [6.07, 6.45) is 0.993. The van der Waals surface area contributed by atoms with Crippen LogP contribution < -0.4 is 5.43 Å². The largest absolute Gasteiger partial charge is 0.449 e. The van der Waals surface area contributed by atoms with Gasteiger partial charge in [-0.15, -0.1) is 0 Å². The van der Waals surface area contributed by atoms with Gasteiger partial charge >= 0.3 is 5.97 Å². The summed E-state index contributed by atoms with van der Waals surface area (Å²) in [6, 6.07) is 14.4. The van der Waals surface area contributed by atoms with Crippen LogP contribution in [0.4, 0.5) is 0 Å². The number of fused-ring (bicyclic) bond motifs is 2. The Morgan fingerprint density at radius 2 is 1.67 bits per heavy atom. The highest BCUT2D eigenvalue weighted by molar-refractivity contribution is 5.94. The van der Waals surface area contributed by atoms with Crippen LogP contribution in [0.15, 0.2) is 59.5 Å². The maximum Gasteiger partial charge on any atom is 0.339 e. The molecule has 4 nitrogen and oxygen atoms in total. The molecule has 0 saturated heterocycles. The Labute approximate surface area is 120 Å². The summed E-state index contributed by atoms with van der Waals surface area (Å²) >= 11 is 0. The monoisotopic (exact) mass is 277 g/mol. The summed E-state index contributed by atoms with van der Waals surface area (Å²) in [7, 11) is 0. The first-order chi connectivity index (χ1) is 10.3. The second-order valence-corrected chi connectivity index (χ2v) is 4.99. The van der Waals surface area contributed by atoms with Crippen LogP contribution in [0.25, 0.3) is 10.9 Å². The summed E-state index contributed by atoms with van der Waals surface area (Å²) in [4.78, 5) is 27.6. The predicted molar refractivity (Wildman–Crippen MR) is 78.3 cm³/mol. The zero-order chi connectivity index (χ0) is 14.4. The fourth-order valence-corrected chi connectivity index (χ4v) is 2.75. The average molecular weight is 277 g/mol. The zero-order valence-corrected chi connectivity index (χ0v) is 11.0. The Balaban J connectivity index is 1.95. The highest BCUT2D eigenvalue weighted by Gasteiger charge is 2.33. The molecular formula is C17H11NO3. The number of carbonyl (C=O) groups excluding carboxylic acids is 1. The van der Waals surface area contributed by atoms with Crippen molar-refractivity contribution in [3.63, 3.8) is 0 Å². The molecule has 2 aromatic carbocycles. The van der Waals surface area contributed by atoms with Crippen molar-refractivity contribution in [3.05, 3.63) is 81.6 Å². The van der Waals surface area contributed by atoms with E-state index >= 15 is 0 Å². The maximum absolute atomic E-state index is 12.6. The number of cyclic esters (lactones) is 1. The van der Waals surface area contributed by atoms with Crippen LogP contribution in [0.1, 0.15) is 27.6 Å². The average Bonchev–Trinajstić information content (AvgIpc) is 2.86. The lowest BCUT2D eigenvalue weighted by Crippen LogP contribution is -2.15. The van der Waals surface area contributed by atoms with E-state index in [-0.39, 0.29) is 11.4 Å². The van der Waals surface area contributed by atoms with Gasteiger partial charge in [0.15, 0.2) is 11.5 Å². The lowest BCUT2D eigenvalue weighted by molar-refractivity contribution is 0.0454. The summed E-state index contributed by atoms with van der Waals surface area (Å²) in [5.74, 6) is -0.386. The van der Waals surface area contributed by atoms with Crippen molar-refractivity contribution < 1.29 is 9.53 Å². The van der Waals surface area contributed by atoms with Gasteiger partial charge in [0.05, 0.1) is 11.1 Å². The van der Waals surface area contributed by atoms with Crippen molar-refractivity contribution >= 4 is 16.9 Å². The highest BCUT2D eigenvalue weighted by Crippen LogP contribution is 2.34. The summed E-state index contributed by atoms with van der Waals surface area (Å²) in [5, 5.41) is 0.593. The van der Waals surface area contributed by atoms with Crippen LogP contribution in [0.2, 0.25) is 0 Å². The van der Waals surface area contributed by atoms with Gasteiger partial charge in [0.1, 0.15) is 0 Å². The highest BCUT2D eigenvalue weighted by atomic mass is 16.5. The van der Waals surface area contributed by atoms with E-state index in [2.05, 4.69) is 4.98 Å². The lowest BCUT2D eigenvalue weighted by Gasteiger charge is -2.11. The van der Waals surface area contributed by atoms with Gasteiger partial charge in [-0.05, 0) is 18.2 Å². The fourth-order valence-electron chi connectivity index (χ4n) is 2.75. The number of hydrogen-bond acceptors (Lipinski definition) is 3. The summed E-state index contributed by atoms with van der Waals surface area (Å²) < 4.78 is 5.39. The minimum Gasteiger partial charge on any atom is -0.449 e. The third-order valence-electron chi connectivity index (χ3n) is 3.79. The fraction of sp³-hybridized carbons (Fsp3) is 0.0588. The Morgan fingerprint density at radius 3 is 2.57 bits per heavy atom. The lowest BCUT2D eigenvalue weighted by atomic mass is 9.99. The maximum atomic E-state index is 12.6. The van der Waals surface area contributed by atoms with Crippen molar-refractivity contribution in [1.29, 1.82) is 0 Å². The quantitative estimate of drug-likeness (QED) is 0.696. The van der Waals surface area contributed by atoms with Crippen molar-refractivity contribution in [2.45, 2.75) is 6.10 Å². The third kappa shape index (κ3) is 1.69. The molecule has 0 aliphatic carbocycles. The van der Waals surface area contributed by atoms with E-state index < -0.39 is 6.10 Å². The molecule has 3 aromatic rings. The molecule has 1 aliphatic heterocycles. The molecule has 0 spiro atoms. The molecule has 1 atom stereocenters. The number of carbonyl (C=O) groups is 1. The van der Waals surface area contributed by atoms with Crippen LogP contribution in [0.5, 0.6) is 0 Å². The topological polar surface area (TPSA) is 59.2 Å². The minimum atomic E-state index is -0.637. The van der Waals surface area contributed by atoms with Gasteiger partial charge in [0, 0.05) is 22.7 Å². The van der Waals surface area contributed by atoms with E-state index in [1.165, 1.54) is 0 Å². The molecule has 1 aliphatic rings. The van der Waals surface area contributed by atoms with E-state index in [0.29, 0.717) is 16.5 Å². The number of para-hydroxylation sites is 1. The zero-order valence-electron chi connectivity index (χ0n) is 11.0. The van der Waals surface area contributed by atoms with E-state index in [1.807, 2.05) is 30.3 Å². The number of esters is 1. The van der Waals surface area contributed by atoms with Crippen molar-refractivity contribution in [1.82, 2.24) is 4.98 Å². The molecule has 4 heteroatoms. The number of nitrogens with one attached hydrogen (secondary N) is 1. The minimum absolute atomic E-state index is 0.112. The molecule has 1 unspecified atom stereocenters. The van der Waals surface area contributed by atoms with Gasteiger partial charge in [0.2, 0.25) is 0 Å². The van der Waals surface area contributed by atoms with Gasteiger partial charge in [0.25, 0.3) is 0 Å². The van der Waals surface area contributed by atoms with Gasteiger partial charge in [-0.25, -0.2) is 4.79 Å².